The first-order valence-electron chi connectivity index (χ1n) is 6.89. The third-order valence-electron chi connectivity index (χ3n) is 3.69. The van der Waals surface area contributed by atoms with Crippen LogP contribution < -0.4 is 5.43 Å². The standard InChI is InChI=1S/C16H16N2O2S/c1-10-7-8-13(19)15-11(10)4-2-5-12(15)17-18-16(20)14-6-3-9-21-14/h3,6-9,19H,2,4-5H2,1H3,(H,18,20)/b17-12+. The van der Waals surface area contributed by atoms with E-state index in [0.29, 0.717) is 4.88 Å². The highest BCUT2D eigenvalue weighted by Crippen LogP contribution is 2.31. The maximum atomic E-state index is 11.9. The number of nitrogens with zero attached hydrogens (tertiary/aromatic N) is 1. The molecule has 0 atom stereocenters. The molecule has 0 saturated heterocycles. The van der Waals surface area contributed by atoms with E-state index in [2.05, 4.69) is 10.5 Å². The van der Waals surface area contributed by atoms with E-state index in [1.165, 1.54) is 11.3 Å². The normalized spacial score (nSPS) is 15.8. The Bertz CT molecular complexity index is 705. The molecule has 1 aromatic heterocycles. The van der Waals surface area contributed by atoms with Gasteiger partial charge in [-0.15, -0.1) is 11.3 Å². The number of carbonyl (C=O) groups is 1. The maximum Gasteiger partial charge on any atom is 0.281 e. The number of carbonyl (C=O) groups excluding carboxylic acids is 1. The van der Waals surface area contributed by atoms with Crippen LogP contribution in [0.5, 0.6) is 5.75 Å². The molecule has 0 bridgehead atoms. The molecule has 0 aliphatic heterocycles. The lowest BCUT2D eigenvalue weighted by Crippen LogP contribution is -2.22. The molecule has 1 amide bonds. The van der Waals surface area contributed by atoms with Crippen molar-refractivity contribution in [1.82, 2.24) is 5.43 Å². The fourth-order valence-electron chi connectivity index (χ4n) is 2.63. The second-order valence-electron chi connectivity index (χ2n) is 5.09. The largest absolute Gasteiger partial charge is 0.507 e. The summed E-state index contributed by atoms with van der Waals surface area (Å²) in [6.45, 7) is 2.03. The van der Waals surface area contributed by atoms with Gasteiger partial charge in [0.25, 0.3) is 5.91 Å². The predicted molar refractivity (Wildman–Crippen MR) is 84.1 cm³/mol. The summed E-state index contributed by atoms with van der Waals surface area (Å²) in [5.74, 6) is 0.0242. The smallest absolute Gasteiger partial charge is 0.281 e. The SMILES string of the molecule is Cc1ccc(O)c2c1CCC/C2=N\NC(=O)c1cccs1. The zero-order chi connectivity index (χ0) is 14.8. The van der Waals surface area contributed by atoms with Crippen LogP contribution in [0.2, 0.25) is 0 Å². The van der Waals surface area contributed by atoms with Crippen molar-refractivity contribution in [3.8, 4) is 5.75 Å². The predicted octanol–water partition coefficient (Wildman–Crippen LogP) is 3.23. The molecule has 1 aliphatic rings. The number of phenolic OH excluding ortho intramolecular Hbond substituents is 1. The van der Waals surface area contributed by atoms with Crippen LogP contribution in [0.4, 0.5) is 0 Å². The van der Waals surface area contributed by atoms with Crippen LogP contribution in [0.1, 0.15) is 39.2 Å². The van der Waals surface area contributed by atoms with Gasteiger partial charge in [0.05, 0.1) is 10.6 Å². The topological polar surface area (TPSA) is 61.7 Å². The molecule has 0 fully saturated rings. The Labute approximate surface area is 127 Å². The van der Waals surface area contributed by atoms with Gasteiger partial charge >= 0.3 is 0 Å². The third-order valence-corrected chi connectivity index (χ3v) is 4.56. The number of hydrogen-bond acceptors (Lipinski definition) is 4. The van der Waals surface area contributed by atoms with Crippen molar-refractivity contribution in [2.45, 2.75) is 26.2 Å². The number of phenols is 1. The third kappa shape index (κ3) is 2.69. The summed E-state index contributed by atoms with van der Waals surface area (Å²) in [7, 11) is 0. The fourth-order valence-corrected chi connectivity index (χ4v) is 3.25. The highest BCUT2D eigenvalue weighted by molar-refractivity contribution is 7.12. The number of amides is 1. The van der Waals surface area contributed by atoms with Gasteiger partial charge in [-0.25, -0.2) is 5.43 Å². The van der Waals surface area contributed by atoms with E-state index in [4.69, 9.17) is 0 Å². The first kappa shape index (κ1) is 13.8. The molecule has 108 valence electrons. The number of hydrazone groups is 1. The molecule has 2 N–H and O–H groups in total. The van der Waals surface area contributed by atoms with Crippen LogP contribution in [0.25, 0.3) is 0 Å². The minimum Gasteiger partial charge on any atom is -0.507 e. The summed E-state index contributed by atoms with van der Waals surface area (Å²) in [5.41, 5.74) is 6.41. The van der Waals surface area contributed by atoms with Gasteiger partial charge < -0.3 is 5.11 Å². The number of aromatic hydroxyl groups is 1. The van der Waals surface area contributed by atoms with Gasteiger partial charge in [-0.1, -0.05) is 12.1 Å². The minimum absolute atomic E-state index is 0.211. The molecular formula is C16H16N2O2S. The summed E-state index contributed by atoms with van der Waals surface area (Å²) < 4.78 is 0. The summed E-state index contributed by atoms with van der Waals surface area (Å²) in [6, 6.07) is 7.20. The van der Waals surface area contributed by atoms with E-state index in [-0.39, 0.29) is 11.7 Å². The second kappa shape index (κ2) is 5.69. The first-order valence-corrected chi connectivity index (χ1v) is 7.77. The molecule has 4 nitrogen and oxygen atoms in total. The maximum absolute atomic E-state index is 11.9. The van der Waals surface area contributed by atoms with Gasteiger partial charge in [0, 0.05) is 5.56 Å². The van der Waals surface area contributed by atoms with Crippen LogP contribution in [-0.2, 0) is 6.42 Å². The summed E-state index contributed by atoms with van der Waals surface area (Å²) in [5, 5.41) is 16.2. The Morgan fingerprint density at radius 2 is 2.19 bits per heavy atom. The van der Waals surface area contributed by atoms with Crippen molar-refractivity contribution in [3.63, 3.8) is 0 Å². The average Bonchev–Trinajstić information content (AvgIpc) is 3.03. The number of thiophene rings is 1. The second-order valence-corrected chi connectivity index (χ2v) is 6.03. The van der Waals surface area contributed by atoms with E-state index in [9.17, 15) is 9.90 Å². The lowest BCUT2D eigenvalue weighted by atomic mass is 9.86. The van der Waals surface area contributed by atoms with Crippen LogP contribution in [0.15, 0.2) is 34.7 Å². The number of rotatable bonds is 2. The highest BCUT2D eigenvalue weighted by atomic mass is 32.1. The van der Waals surface area contributed by atoms with Crippen molar-refractivity contribution >= 4 is 23.0 Å². The molecule has 0 radical (unpaired) electrons. The van der Waals surface area contributed by atoms with Crippen molar-refractivity contribution in [3.05, 3.63) is 51.2 Å². The molecule has 21 heavy (non-hydrogen) atoms. The van der Waals surface area contributed by atoms with E-state index < -0.39 is 0 Å². The number of hydrogen-bond donors (Lipinski definition) is 2. The van der Waals surface area contributed by atoms with Gasteiger partial charge in [0.2, 0.25) is 0 Å². The molecule has 0 spiro atoms. The summed E-state index contributed by atoms with van der Waals surface area (Å²) in [6.07, 6.45) is 2.67. The van der Waals surface area contributed by atoms with Crippen molar-refractivity contribution in [2.24, 2.45) is 5.10 Å². The van der Waals surface area contributed by atoms with E-state index in [0.717, 1.165) is 41.7 Å². The molecule has 1 aromatic carbocycles. The zero-order valence-electron chi connectivity index (χ0n) is 11.7. The fraction of sp³-hybridized carbons (Fsp3) is 0.250. The quantitative estimate of drug-likeness (QED) is 0.836. The van der Waals surface area contributed by atoms with Gasteiger partial charge in [-0.3, -0.25) is 4.79 Å². The lowest BCUT2D eigenvalue weighted by Gasteiger charge is -2.20. The van der Waals surface area contributed by atoms with E-state index in [1.807, 2.05) is 24.4 Å². The minimum atomic E-state index is -0.211. The van der Waals surface area contributed by atoms with Gasteiger partial charge in [0.15, 0.2) is 0 Å². The van der Waals surface area contributed by atoms with Crippen LogP contribution in [-0.4, -0.2) is 16.7 Å². The number of fused-ring (bicyclic) bond motifs is 1. The number of nitrogens with one attached hydrogen (secondary N) is 1. The molecule has 0 unspecified atom stereocenters. The van der Waals surface area contributed by atoms with E-state index in [1.54, 1.807) is 12.1 Å². The average molecular weight is 300 g/mol. The van der Waals surface area contributed by atoms with Crippen LogP contribution in [0, 0.1) is 6.92 Å². The first-order chi connectivity index (χ1) is 10.2. The molecule has 5 heteroatoms. The van der Waals surface area contributed by atoms with Crippen molar-refractivity contribution in [2.75, 3.05) is 0 Å². The van der Waals surface area contributed by atoms with E-state index >= 15 is 0 Å². The summed E-state index contributed by atoms with van der Waals surface area (Å²) in [4.78, 5) is 12.6. The molecule has 0 saturated carbocycles. The Morgan fingerprint density at radius 3 is 2.95 bits per heavy atom. The van der Waals surface area contributed by atoms with Gasteiger partial charge in [0.1, 0.15) is 5.75 Å². The monoisotopic (exact) mass is 300 g/mol. The Balaban J connectivity index is 1.90. The Morgan fingerprint density at radius 1 is 1.33 bits per heavy atom. The van der Waals surface area contributed by atoms with Gasteiger partial charge in [-0.05, 0) is 54.8 Å². The summed E-state index contributed by atoms with van der Waals surface area (Å²) >= 11 is 1.38. The molecule has 1 heterocycles. The molecule has 1 aliphatic carbocycles. The van der Waals surface area contributed by atoms with Crippen molar-refractivity contribution < 1.29 is 9.90 Å². The van der Waals surface area contributed by atoms with Crippen LogP contribution >= 0.6 is 11.3 Å². The van der Waals surface area contributed by atoms with Gasteiger partial charge in [-0.2, -0.15) is 5.10 Å². The molecule has 2 aromatic rings. The Kier molecular flexibility index (Phi) is 3.75. The van der Waals surface area contributed by atoms with Crippen molar-refractivity contribution in [1.29, 1.82) is 0 Å². The number of benzene rings is 1. The highest BCUT2D eigenvalue weighted by Gasteiger charge is 2.21. The molecular weight excluding hydrogens is 284 g/mol. The lowest BCUT2D eigenvalue weighted by molar-refractivity contribution is 0.0959. The zero-order valence-corrected chi connectivity index (χ0v) is 12.5. The Hall–Kier alpha value is -2.14. The van der Waals surface area contributed by atoms with Crippen LogP contribution in [0.3, 0.4) is 0 Å². The number of aryl methyl sites for hydroxylation is 1. The molecule has 3 rings (SSSR count).